The summed E-state index contributed by atoms with van der Waals surface area (Å²) in [5, 5.41) is 18.3. The first-order valence-electron chi connectivity index (χ1n) is 4.44. The molecule has 5 heteroatoms. The zero-order valence-corrected chi connectivity index (χ0v) is 8.57. The van der Waals surface area contributed by atoms with Crippen LogP contribution in [0.4, 0.5) is 5.69 Å². The molecule has 0 saturated heterocycles. The van der Waals surface area contributed by atoms with Gasteiger partial charge >= 0.3 is 5.97 Å². The van der Waals surface area contributed by atoms with Crippen molar-refractivity contribution in [3.8, 4) is 11.5 Å². The normalized spacial score (nSPS) is 10.0. The summed E-state index contributed by atoms with van der Waals surface area (Å²) in [5.74, 6) is -1.33. The summed E-state index contributed by atoms with van der Waals surface area (Å²) in [7, 11) is 1.42. The zero-order chi connectivity index (χ0) is 11.6. The maximum atomic E-state index is 10.8. The molecule has 0 aliphatic heterocycles. The SMILES string of the molecule is CCc1cc(C(=O)O)c(O)c(N)c1OC. The van der Waals surface area contributed by atoms with Crippen molar-refractivity contribution in [3.63, 3.8) is 0 Å². The number of rotatable bonds is 3. The van der Waals surface area contributed by atoms with Crippen molar-refractivity contribution in [2.45, 2.75) is 13.3 Å². The van der Waals surface area contributed by atoms with Gasteiger partial charge in [0.15, 0.2) is 5.75 Å². The molecule has 1 aromatic carbocycles. The van der Waals surface area contributed by atoms with Crippen LogP contribution in [-0.4, -0.2) is 23.3 Å². The number of carbonyl (C=O) groups is 1. The maximum Gasteiger partial charge on any atom is 0.339 e. The highest BCUT2D eigenvalue weighted by Gasteiger charge is 2.19. The molecule has 15 heavy (non-hydrogen) atoms. The van der Waals surface area contributed by atoms with Crippen LogP contribution in [0.25, 0.3) is 0 Å². The minimum absolute atomic E-state index is 0.0331. The minimum atomic E-state index is -1.21. The molecule has 0 aliphatic rings. The standard InChI is InChI=1S/C10H13NO4/c1-3-5-4-6(10(13)14)8(12)7(11)9(5)15-2/h4,12H,3,11H2,1-2H3,(H,13,14). The first kappa shape index (κ1) is 11.2. The Morgan fingerprint density at radius 1 is 1.60 bits per heavy atom. The van der Waals surface area contributed by atoms with Crippen LogP contribution < -0.4 is 10.5 Å². The Labute approximate surface area is 87.1 Å². The number of aromatic hydroxyl groups is 1. The molecule has 0 saturated carbocycles. The largest absolute Gasteiger partial charge is 0.505 e. The van der Waals surface area contributed by atoms with E-state index in [0.717, 1.165) is 0 Å². The Hall–Kier alpha value is -1.91. The van der Waals surface area contributed by atoms with Gasteiger partial charge in [-0.15, -0.1) is 0 Å². The Kier molecular flexibility index (Phi) is 3.04. The molecule has 0 bridgehead atoms. The number of nitrogen functional groups attached to an aromatic ring is 1. The van der Waals surface area contributed by atoms with E-state index in [0.29, 0.717) is 17.7 Å². The Balaban J connectivity index is 3.49. The van der Waals surface area contributed by atoms with Gasteiger partial charge in [0, 0.05) is 0 Å². The summed E-state index contributed by atoms with van der Waals surface area (Å²) in [6.45, 7) is 1.85. The number of hydrogen-bond acceptors (Lipinski definition) is 4. The molecule has 0 amide bonds. The van der Waals surface area contributed by atoms with Crippen molar-refractivity contribution in [3.05, 3.63) is 17.2 Å². The number of carboxylic acid groups (broad SMARTS) is 1. The highest BCUT2D eigenvalue weighted by atomic mass is 16.5. The number of benzene rings is 1. The molecule has 0 atom stereocenters. The second-order valence-corrected chi connectivity index (χ2v) is 3.04. The number of ether oxygens (including phenoxy) is 1. The molecule has 1 aromatic rings. The van der Waals surface area contributed by atoms with Gasteiger partial charge in [0.05, 0.1) is 7.11 Å². The first-order chi connectivity index (χ1) is 7.02. The lowest BCUT2D eigenvalue weighted by atomic mass is 10.0. The lowest BCUT2D eigenvalue weighted by molar-refractivity contribution is 0.0693. The molecule has 82 valence electrons. The summed E-state index contributed by atoms with van der Waals surface area (Å²) >= 11 is 0. The molecule has 0 aromatic heterocycles. The topological polar surface area (TPSA) is 92.8 Å². The fourth-order valence-corrected chi connectivity index (χ4v) is 1.40. The highest BCUT2D eigenvalue weighted by molar-refractivity contribution is 5.94. The Morgan fingerprint density at radius 2 is 2.20 bits per heavy atom. The molecule has 0 unspecified atom stereocenters. The van der Waals surface area contributed by atoms with Crippen molar-refractivity contribution >= 4 is 11.7 Å². The van der Waals surface area contributed by atoms with Gasteiger partial charge in [-0.25, -0.2) is 4.79 Å². The molecule has 0 aliphatic carbocycles. The van der Waals surface area contributed by atoms with E-state index < -0.39 is 11.7 Å². The predicted molar refractivity (Wildman–Crippen MR) is 55.4 cm³/mol. The van der Waals surface area contributed by atoms with E-state index in [1.165, 1.54) is 13.2 Å². The third kappa shape index (κ3) is 1.81. The third-order valence-corrected chi connectivity index (χ3v) is 2.18. The summed E-state index contributed by atoms with van der Waals surface area (Å²) in [6, 6.07) is 1.37. The second kappa shape index (κ2) is 4.08. The number of aryl methyl sites for hydroxylation is 1. The van der Waals surface area contributed by atoms with Gasteiger partial charge in [-0.3, -0.25) is 0 Å². The fourth-order valence-electron chi connectivity index (χ4n) is 1.40. The average Bonchev–Trinajstić information content (AvgIpc) is 2.21. The lowest BCUT2D eigenvalue weighted by Crippen LogP contribution is -2.04. The van der Waals surface area contributed by atoms with E-state index in [-0.39, 0.29) is 11.3 Å². The quantitative estimate of drug-likeness (QED) is 0.516. The van der Waals surface area contributed by atoms with E-state index in [9.17, 15) is 9.90 Å². The van der Waals surface area contributed by atoms with Crippen molar-refractivity contribution in [2.75, 3.05) is 12.8 Å². The lowest BCUT2D eigenvalue weighted by Gasteiger charge is -2.13. The predicted octanol–water partition coefficient (Wildman–Crippen LogP) is 1.24. The molecule has 5 nitrogen and oxygen atoms in total. The monoisotopic (exact) mass is 211 g/mol. The molecular weight excluding hydrogens is 198 g/mol. The molecule has 1 rings (SSSR count). The van der Waals surface area contributed by atoms with Crippen LogP contribution in [0.1, 0.15) is 22.8 Å². The van der Waals surface area contributed by atoms with Gasteiger partial charge in [0.2, 0.25) is 0 Å². The van der Waals surface area contributed by atoms with Crippen LogP contribution in [0.3, 0.4) is 0 Å². The highest BCUT2D eigenvalue weighted by Crippen LogP contribution is 2.37. The molecule has 0 fully saturated rings. The average molecular weight is 211 g/mol. The van der Waals surface area contributed by atoms with E-state index in [2.05, 4.69) is 0 Å². The van der Waals surface area contributed by atoms with Crippen molar-refractivity contribution < 1.29 is 19.7 Å². The summed E-state index contributed by atoms with van der Waals surface area (Å²) in [5.41, 5.74) is 5.99. The number of aromatic carboxylic acids is 1. The molecule has 0 spiro atoms. The van der Waals surface area contributed by atoms with Crippen LogP contribution in [0.5, 0.6) is 11.5 Å². The van der Waals surface area contributed by atoms with Gasteiger partial charge < -0.3 is 20.7 Å². The van der Waals surface area contributed by atoms with Crippen LogP contribution in [0.2, 0.25) is 0 Å². The van der Waals surface area contributed by atoms with Gasteiger partial charge in [-0.1, -0.05) is 6.92 Å². The summed E-state index contributed by atoms with van der Waals surface area (Å²) < 4.78 is 5.00. The maximum absolute atomic E-state index is 10.8. The second-order valence-electron chi connectivity index (χ2n) is 3.04. The van der Waals surface area contributed by atoms with E-state index in [1.54, 1.807) is 0 Å². The minimum Gasteiger partial charge on any atom is -0.505 e. The van der Waals surface area contributed by atoms with Gasteiger partial charge in [-0.05, 0) is 18.1 Å². The Bertz CT molecular complexity index is 401. The van der Waals surface area contributed by atoms with Crippen LogP contribution in [-0.2, 0) is 6.42 Å². The number of anilines is 1. The zero-order valence-electron chi connectivity index (χ0n) is 8.57. The molecular formula is C10H13NO4. The van der Waals surface area contributed by atoms with Crippen molar-refractivity contribution in [2.24, 2.45) is 0 Å². The van der Waals surface area contributed by atoms with Gasteiger partial charge in [-0.2, -0.15) is 0 Å². The third-order valence-electron chi connectivity index (χ3n) is 2.18. The van der Waals surface area contributed by atoms with Crippen molar-refractivity contribution in [1.82, 2.24) is 0 Å². The number of methoxy groups -OCH3 is 1. The Morgan fingerprint density at radius 3 is 2.60 bits per heavy atom. The molecule has 0 radical (unpaired) electrons. The van der Waals surface area contributed by atoms with Crippen LogP contribution >= 0.6 is 0 Å². The van der Waals surface area contributed by atoms with Crippen molar-refractivity contribution in [1.29, 1.82) is 0 Å². The molecule has 4 N–H and O–H groups in total. The summed E-state index contributed by atoms with van der Waals surface area (Å²) in [4.78, 5) is 10.8. The van der Waals surface area contributed by atoms with E-state index >= 15 is 0 Å². The van der Waals surface area contributed by atoms with E-state index in [1.807, 2.05) is 6.92 Å². The van der Waals surface area contributed by atoms with E-state index in [4.69, 9.17) is 15.6 Å². The van der Waals surface area contributed by atoms with Crippen LogP contribution in [0, 0.1) is 0 Å². The summed E-state index contributed by atoms with van der Waals surface area (Å²) in [6.07, 6.45) is 0.577. The fraction of sp³-hybridized carbons (Fsp3) is 0.300. The molecule has 0 heterocycles. The number of hydrogen-bond donors (Lipinski definition) is 3. The number of phenols is 1. The smallest absolute Gasteiger partial charge is 0.339 e. The first-order valence-corrected chi connectivity index (χ1v) is 4.44. The van der Waals surface area contributed by atoms with Crippen LogP contribution in [0.15, 0.2) is 6.07 Å². The van der Waals surface area contributed by atoms with Gasteiger partial charge in [0.25, 0.3) is 0 Å². The number of nitrogens with two attached hydrogens (primary N) is 1. The number of carboxylic acids is 1. The van der Waals surface area contributed by atoms with Gasteiger partial charge in [0.1, 0.15) is 17.0 Å².